The molecule has 0 spiro atoms. The maximum Gasteiger partial charge on any atom is 0.230 e. The first-order chi connectivity index (χ1) is 14.4. The Labute approximate surface area is 186 Å². The standard InChI is InChI=1S/C22H26ClN5OS/c1-14(24)11-18(16-3-5-17(23)6-4-16)22(29)28-9-7-27(8-10-28)21-20-15(2)30-12-19(20)25-13-26-21/h3-6,13,15,18H,1,7-12,24H2,2H3/t15-,18+/m0/s1. The number of rotatable bonds is 5. The highest BCUT2D eigenvalue weighted by atomic mass is 35.5. The SMILES string of the molecule is C=C(N)C[C@@H](C(=O)N1CCN(c2ncnc3c2[C@H](C)SC3)CC1)c1ccc(Cl)cc1. The van der Waals surface area contributed by atoms with Crippen molar-refractivity contribution in [2.45, 2.75) is 30.3 Å². The van der Waals surface area contributed by atoms with Crippen LogP contribution in [0.2, 0.25) is 5.02 Å². The van der Waals surface area contributed by atoms with Gasteiger partial charge in [-0.3, -0.25) is 4.79 Å². The molecule has 1 aromatic heterocycles. The van der Waals surface area contributed by atoms with E-state index in [1.165, 1.54) is 5.56 Å². The Kier molecular flexibility index (Phi) is 6.20. The molecule has 1 aromatic carbocycles. The second kappa shape index (κ2) is 8.86. The number of halogens is 1. The lowest BCUT2D eigenvalue weighted by atomic mass is 9.93. The predicted octanol–water partition coefficient (Wildman–Crippen LogP) is 3.73. The Balaban J connectivity index is 1.48. The van der Waals surface area contributed by atoms with Gasteiger partial charge in [0.1, 0.15) is 12.1 Å². The Hall–Kier alpha value is -2.25. The number of thioether (sulfide) groups is 1. The van der Waals surface area contributed by atoms with E-state index in [-0.39, 0.29) is 11.8 Å². The van der Waals surface area contributed by atoms with E-state index in [1.807, 2.05) is 40.9 Å². The summed E-state index contributed by atoms with van der Waals surface area (Å²) < 4.78 is 0. The molecular formula is C22H26ClN5OS. The number of nitrogens with zero attached hydrogens (tertiary/aromatic N) is 4. The van der Waals surface area contributed by atoms with Gasteiger partial charge in [0, 0.05) is 59.9 Å². The molecule has 1 amide bonds. The van der Waals surface area contributed by atoms with Gasteiger partial charge in [-0.2, -0.15) is 0 Å². The zero-order valence-electron chi connectivity index (χ0n) is 17.1. The van der Waals surface area contributed by atoms with Crippen LogP contribution in [0.25, 0.3) is 0 Å². The monoisotopic (exact) mass is 443 g/mol. The summed E-state index contributed by atoms with van der Waals surface area (Å²) in [7, 11) is 0. The average molecular weight is 444 g/mol. The molecule has 8 heteroatoms. The number of nitrogens with two attached hydrogens (primary N) is 1. The summed E-state index contributed by atoms with van der Waals surface area (Å²) in [5.74, 6) is 1.71. The number of carbonyl (C=O) groups excluding carboxylic acids is 1. The van der Waals surface area contributed by atoms with Gasteiger partial charge in [-0.15, -0.1) is 11.8 Å². The van der Waals surface area contributed by atoms with Gasteiger partial charge in [0.15, 0.2) is 0 Å². The third-order valence-corrected chi connectivity index (χ3v) is 7.18. The topological polar surface area (TPSA) is 75.4 Å². The number of carbonyl (C=O) groups is 1. The third-order valence-electron chi connectivity index (χ3n) is 5.75. The molecule has 0 unspecified atom stereocenters. The molecule has 0 radical (unpaired) electrons. The van der Waals surface area contributed by atoms with Gasteiger partial charge in [-0.05, 0) is 24.6 Å². The smallest absolute Gasteiger partial charge is 0.230 e. The van der Waals surface area contributed by atoms with E-state index in [0.717, 1.165) is 35.9 Å². The molecule has 1 saturated heterocycles. The van der Waals surface area contributed by atoms with Crippen molar-refractivity contribution in [2.75, 3.05) is 31.1 Å². The first kappa shape index (κ1) is 21.0. The highest BCUT2D eigenvalue weighted by Crippen LogP contribution is 2.44. The molecule has 0 bridgehead atoms. The summed E-state index contributed by atoms with van der Waals surface area (Å²) in [5.41, 5.74) is 9.68. The summed E-state index contributed by atoms with van der Waals surface area (Å²) in [5, 5.41) is 1.05. The normalized spacial score (nSPS) is 19.5. The summed E-state index contributed by atoms with van der Waals surface area (Å²) >= 11 is 7.91. The third kappa shape index (κ3) is 4.27. The lowest BCUT2D eigenvalue weighted by Gasteiger charge is -2.38. The first-order valence-electron chi connectivity index (χ1n) is 10.1. The Morgan fingerprint density at radius 1 is 1.27 bits per heavy atom. The molecular weight excluding hydrogens is 418 g/mol. The van der Waals surface area contributed by atoms with Gasteiger partial charge in [-0.25, -0.2) is 9.97 Å². The van der Waals surface area contributed by atoms with Gasteiger partial charge in [-0.1, -0.05) is 30.3 Å². The highest BCUT2D eigenvalue weighted by molar-refractivity contribution is 7.99. The molecule has 30 heavy (non-hydrogen) atoms. The fourth-order valence-corrected chi connectivity index (χ4v) is 5.33. The fourth-order valence-electron chi connectivity index (χ4n) is 4.16. The zero-order chi connectivity index (χ0) is 21.3. The van der Waals surface area contributed by atoms with Crippen LogP contribution in [-0.2, 0) is 10.5 Å². The number of piperazine rings is 1. The molecule has 1 fully saturated rings. The lowest BCUT2D eigenvalue weighted by molar-refractivity contribution is -0.133. The quantitative estimate of drug-likeness (QED) is 0.758. The molecule has 2 atom stereocenters. The van der Waals surface area contributed by atoms with Crippen LogP contribution >= 0.6 is 23.4 Å². The highest BCUT2D eigenvalue weighted by Gasteiger charge is 2.32. The van der Waals surface area contributed by atoms with E-state index in [2.05, 4.69) is 28.4 Å². The number of anilines is 1. The average Bonchev–Trinajstić information content (AvgIpc) is 3.13. The van der Waals surface area contributed by atoms with E-state index < -0.39 is 0 Å². The zero-order valence-corrected chi connectivity index (χ0v) is 18.6. The van der Waals surface area contributed by atoms with Crippen molar-refractivity contribution in [2.24, 2.45) is 5.73 Å². The molecule has 2 N–H and O–H groups in total. The van der Waals surface area contributed by atoms with Crippen LogP contribution in [-0.4, -0.2) is 47.0 Å². The number of fused-ring (bicyclic) bond motifs is 1. The second-order valence-electron chi connectivity index (χ2n) is 7.79. The molecule has 2 aromatic rings. The molecule has 0 saturated carbocycles. The summed E-state index contributed by atoms with van der Waals surface area (Å²) in [6, 6.07) is 7.41. The van der Waals surface area contributed by atoms with E-state index in [9.17, 15) is 4.79 Å². The number of hydrogen-bond donors (Lipinski definition) is 1. The molecule has 0 aliphatic carbocycles. The number of allylic oxidation sites excluding steroid dienone is 1. The van der Waals surface area contributed by atoms with E-state index >= 15 is 0 Å². The van der Waals surface area contributed by atoms with Gasteiger partial charge < -0.3 is 15.5 Å². The summed E-state index contributed by atoms with van der Waals surface area (Å²) in [6.07, 6.45) is 2.09. The van der Waals surface area contributed by atoms with Crippen LogP contribution in [0.15, 0.2) is 42.9 Å². The molecule has 2 aliphatic heterocycles. The van der Waals surface area contributed by atoms with Crippen molar-refractivity contribution in [3.05, 3.63) is 64.7 Å². The fraction of sp³-hybridized carbons (Fsp3) is 0.409. The molecule has 2 aliphatic rings. The summed E-state index contributed by atoms with van der Waals surface area (Å²) in [6.45, 7) is 8.84. The van der Waals surface area contributed by atoms with Crippen LogP contribution in [0.4, 0.5) is 5.82 Å². The summed E-state index contributed by atoms with van der Waals surface area (Å²) in [4.78, 5) is 26.6. The van der Waals surface area contributed by atoms with Gasteiger partial charge >= 0.3 is 0 Å². The molecule has 6 nitrogen and oxygen atoms in total. The van der Waals surface area contributed by atoms with Crippen molar-refractivity contribution in [1.29, 1.82) is 0 Å². The number of benzene rings is 1. The predicted molar refractivity (Wildman–Crippen MR) is 123 cm³/mol. The van der Waals surface area contributed by atoms with Crippen LogP contribution in [0.1, 0.15) is 41.3 Å². The van der Waals surface area contributed by atoms with Crippen LogP contribution in [0.3, 0.4) is 0 Å². The first-order valence-corrected chi connectivity index (χ1v) is 11.5. The van der Waals surface area contributed by atoms with Crippen molar-refractivity contribution >= 4 is 35.1 Å². The van der Waals surface area contributed by atoms with Crippen molar-refractivity contribution in [3.8, 4) is 0 Å². The number of aromatic nitrogens is 2. The van der Waals surface area contributed by atoms with Crippen LogP contribution in [0, 0.1) is 0 Å². The van der Waals surface area contributed by atoms with E-state index in [0.29, 0.717) is 35.5 Å². The number of hydrogen-bond acceptors (Lipinski definition) is 6. The van der Waals surface area contributed by atoms with Crippen molar-refractivity contribution in [1.82, 2.24) is 14.9 Å². The Morgan fingerprint density at radius 2 is 1.97 bits per heavy atom. The maximum atomic E-state index is 13.4. The van der Waals surface area contributed by atoms with Crippen molar-refractivity contribution in [3.63, 3.8) is 0 Å². The minimum atomic E-state index is -0.342. The minimum Gasteiger partial charge on any atom is -0.402 e. The lowest BCUT2D eigenvalue weighted by Crippen LogP contribution is -2.50. The molecule has 158 valence electrons. The Morgan fingerprint density at radius 3 is 2.63 bits per heavy atom. The van der Waals surface area contributed by atoms with Crippen molar-refractivity contribution < 1.29 is 4.79 Å². The van der Waals surface area contributed by atoms with Gasteiger partial charge in [0.05, 0.1) is 11.6 Å². The van der Waals surface area contributed by atoms with Crippen LogP contribution < -0.4 is 10.6 Å². The molecule has 4 rings (SSSR count). The second-order valence-corrected chi connectivity index (χ2v) is 9.56. The van der Waals surface area contributed by atoms with E-state index in [4.69, 9.17) is 17.3 Å². The Bertz CT molecular complexity index is 943. The number of amides is 1. The minimum absolute atomic E-state index is 0.0837. The van der Waals surface area contributed by atoms with Gasteiger partial charge in [0.25, 0.3) is 0 Å². The maximum absolute atomic E-state index is 13.4. The van der Waals surface area contributed by atoms with E-state index in [1.54, 1.807) is 6.33 Å². The largest absolute Gasteiger partial charge is 0.402 e. The van der Waals surface area contributed by atoms with Crippen LogP contribution in [0.5, 0.6) is 0 Å². The molecule has 3 heterocycles. The van der Waals surface area contributed by atoms with Gasteiger partial charge in [0.2, 0.25) is 5.91 Å².